The van der Waals surface area contributed by atoms with Crippen LogP contribution < -0.4 is 5.32 Å². The van der Waals surface area contributed by atoms with Crippen LogP contribution in [0.2, 0.25) is 10.0 Å². The van der Waals surface area contributed by atoms with Gasteiger partial charge >= 0.3 is 0 Å². The first-order chi connectivity index (χ1) is 9.51. The highest BCUT2D eigenvalue weighted by Crippen LogP contribution is 2.27. The first-order valence-corrected chi connectivity index (χ1v) is 7.91. The molecule has 1 N–H and O–H groups in total. The molecular weight excluding hydrogens is 411 g/mol. The first-order valence-electron chi connectivity index (χ1n) is 6.07. The molecule has 1 unspecified atom stereocenters. The summed E-state index contributed by atoms with van der Waals surface area (Å²) in [6, 6.07) is 10.3. The molecule has 0 saturated heterocycles. The Bertz CT molecular complexity index is 619. The van der Waals surface area contributed by atoms with Gasteiger partial charge in [0.2, 0.25) is 0 Å². The maximum atomic E-state index is 13.8. The van der Waals surface area contributed by atoms with Crippen molar-refractivity contribution in [3.8, 4) is 0 Å². The van der Waals surface area contributed by atoms with E-state index in [2.05, 4.69) is 27.9 Å². The number of benzene rings is 2. The minimum Gasteiger partial charge on any atom is -0.313 e. The van der Waals surface area contributed by atoms with Crippen molar-refractivity contribution in [3.63, 3.8) is 0 Å². The largest absolute Gasteiger partial charge is 0.313 e. The predicted molar refractivity (Wildman–Crippen MR) is 91.1 cm³/mol. The van der Waals surface area contributed by atoms with Crippen LogP contribution in [0, 0.1) is 9.39 Å². The Balaban J connectivity index is 2.33. The summed E-state index contributed by atoms with van der Waals surface area (Å²) in [6.45, 7) is 0. The fraction of sp³-hybridized carbons (Fsp3) is 0.200. The molecule has 0 aromatic heterocycles. The van der Waals surface area contributed by atoms with Crippen molar-refractivity contribution < 1.29 is 4.39 Å². The van der Waals surface area contributed by atoms with Crippen molar-refractivity contribution in [2.45, 2.75) is 12.5 Å². The smallest absolute Gasteiger partial charge is 0.126 e. The molecule has 0 aliphatic carbocycles. The van der Waals surface area contributed by atoms with Gasteiger partial charge in [-0.3, -0.25) is 0 Å². The van der Waals surface area contributed by atoms with Crippen LogP contribution in [0.5, 0.6) is 0 Å². The number of hydrogen-bond donors (Lipinski definition) is 1. The quantitative estimate of drug-likeness (QED) is 0.663. The first kappa shape index (κ1) is 16.0. The molecule has 0 aliphatic heterocycles. The molecule has 0 fully saturated rings. The van der Waals surface area contributed by atoms with E-state index in [0.717, 1.165) is 9.13 Å². The average Bonchev–Trinajstić information content (AvgIpc) is 2.42. The van der Waals surface area contributed by atoms with Crippen LogP contribution in [-0.2, 0) is 6.42 Å². The van der Waals surface area contributed by atoms with E-state index in [1.165, 1.54) is 6.07 Å². The highest BCUT2D eigenvalue weighted by Gasteiger charge is 2.16. The molecule has 106 valence electrons. The van der Waals surface area contributed by atoms with Gasteiger partial charge in [0.25, 0.3) is 0 Å². The highest BCUT2D eigenvalue weighted by atomic mass is 127. The van der Waals surface area contributed by atoms with Crippen molar-refractivity contribution in [1.29, 1.82) is 0 Å². The lowest BCUT2D eigenvalue weighted by atomic mass is 9.98. The SMILES string of the molecule is CNC(Cc1cc(Cl)ccc1F)c1cc(Cl)ccc1I. The summed E-state index contributed by atoms with van der Waals surface area (Å²) >= 11 is 14.2. The van der Waals surface area contributed by atoms with Crippen molar-refractivity contribution in [1.82, 2.24) is 5.32 Å². The fourth-order valence-corrected chi connectivity index (χ4v) is 3.16. The summed E-state index contributed by atoms with van der Waals surface area (Å²) in [5.74, 6) is -0.244. The second kappa shape index (κ2) is 7.07. The molecule has 0 bridgehead atoms. The molecule has 0 heterocycles. The molecule has 1 atom stereocenters. The molecule has 2 aromatic carbocycles. The van der Waals surface area contributed by atoms with Gasteiger partial charge in [-0.1, -0.05) is 23.2 Å². The lowest BCUT2D eigenvalue weighted by Gasteiger charge is -2.19. The molecule has 2 rings (SSSR count). The molecule has 0 amide bonds. The van der Waals surface area contributed by atoms with E-state index < -0.39 is 0 Å². The molecule has 0 saturated carbocycles. The zero-order valence-corrected chi connectivity index (χ0v) is 14.4. The standard InChI is InChI=1S/C15H13Cl2FIN/c1-20-15(12-8-11(17)3-5-14(12)19)7-9-6-10(16)2-4-13(9)18/h2-6,8,15,20H,7H2,1H3. The number of rotatable bonds is 4. The van der Waals surface area contributed by atoms with Crippen LogP contribution >= 0.6 is 45.8 Å². The number of hydrogen-bond acceptors (Lipinski definition) is 1. The van der Waals surface area contributed by atoms with E-state index in [0.29, 0.717) is 22.0 Å². The van der Waals surface area contributed by atoms with Crippen molar-refractivity contribution in [3.05, 3.63) is 67.0 Å². The van der Waals surface area contributed by atoms with Crippen molar-refractivity contribution in [2.75, 3.05) is 7.05 Å². The minimum absolute atomic E-state index is 0.0198. The maximum absolute atomic E-state index is 13.8. The Morgan fingerprint density at radius 2 is 1.80 bits per heavy atom. The van der Waals surface area contributed by atoms with E-state index in [-0.39, 0.29) is 11.9 Å². The fourth-order valence-electron chi connectivity index (χ4n) is 2.07. The maximum Gasteiger partial charge on any atom is 0.126 e. The minimum atomic E-state index is -0.244. The summed E-state index contributed by atoms with van der Waals surface area (Å²) in [5.41, 5.74) is 1.65. The highest BCUT2D eigenvalue weighted by molar-refractivity contribution is 14.1. The van der Waals surface area contributed by atoms with Crippen LogP contribution in [0.15, 0.2) is 36.4 Å². The Morgan fingerprint density at radius 1 is 1.15 bits per heavy atom. The van der Waals surface area contributed by atoms with E-state index in [1.54, 1.807) is 12.1 Å². The number of likely N-dealkylation sites (N-methyl/N-ethyl adjacent to an activating group) is 1. The molecule has 0 spiro atoms. The predicted octanol–water partition coefficient (Wildman–Crippen LogP) is 5.24. The van der Waals surface area contributed by atoms with Gasteiger partial charge in [-0.2, -0.15) is 0 Å². The topological polar surface area (TPSA) is 12.0 Å². The molecule has 2 aromatic rings. The lowest BCUT2D eigenvalue weighted by Crippen LogP contribution is -2.20. The van der Waals surface area contributed by atoms with Gasteiger partial charge < -0.3 is 5.32 Å². The van der Waals surface area contributed by atoms with Crippen molar-refractivity contribution in [2.24, 2.45) is 0 Å². The van der Waals surface area contributed by atoms with E-state index >= 15 is 0 Å². The third kappa shape index (κ3) is 3.85. The zero-order valence-electron chi connectivity index (χ0n) is 10.8. The zero-order chi connectivity index (χ0) is 14.7. The van der Waals surface area contributed by atoms with Crippen LogP contribution in [0.1, 0.15) is 17.2 Å². The Morgan fingerprint density at radius 3 is 2.50 bits per heavy atom. The second-order valence-electron chi connectivity index (χ2n) is 4.45. The lowest BCUT2D eigenvalue weighted by molar-refractivity contribution is 0.553. The van der Waals surface area contributed by atoms with E-state index in [9.17, 15) is 4.39 Å². The summed E-state index contributed by atoms with van der Waals surface area (Å²) < 4.78 is 14.9. The molecule has 5 heteroatoms. The molecule has 1 nitrogen and oxygen atoms in total. The van der Waals surface area contributed by atoms with Gasteiger partial charge in [0, 0.05) is 19.7 Å². The Labute approximate surface area is 141 Å². The van der Waals surface area contributed by atoms with Gasteiger partial charge in [-0.15, -0.1) is 0 Å². The third-order valence-corrected chi connectivity index (χ3v) is 4.57. The third-order valence-electron chi connectivity index (χ3n) is 3.11. The monoisotopic (exact) mass is 423 g/mol. The average molecular weight is 424 g/mol. The van der Waals surface area contributed by atoms with Crippen LogP contribution in [-0.4, -0.2) is 7.05 Å². The second-order valence-corrected chi connectivity index (χ2v) is 6.48. The van der Waals surface area contributed by atoms with Gasteiger partial charge in [-0.25, -0.2) is 4.39 Å². The Hall–Kier alpha value is -0.360. The van der Waals surface area contributed by atoms with Crippen LogP contribution in [0.25, 0.3) is 0 Å². The van der Waals surface area contributed by atoms with Crippen molar-refractivity contribution >= 4 is 45.8 Å². The summed E-state index contributed by atoms with van der Waals surface area (Å²) in [5, 5.41) is 4.42. The van der Waals surface area contributed by atoms with Gasteiger partial charge in [0.15, 0.2) is 0 Å². The molecule has 0 radical (unpaired) electrons. The molecular formula is C15H13Cl2FIN. The van der Waals surface area contributed by atoms with Gasteiger partial charge in [0.05, 0.1) is 0 Å². The van der Waals surface area contributed by atoms with Crippen LogP contribution in [0.3, 0.4) is 0 Å². The number of halogens is 4. The number of nitrogens with one attached hydrogen (secondary N) is 1. The molecule has 20 heavy (non-hydrogen) atoms. The summed E-state index contributed by atoms with van der Waals surface area (Å²) in [7, 11) is 1.85. The normalized spacial score (nSPS) is 12.4. The molecule has 0 aliphatic rings. The van der Waals surface area contributed by atoms with E-state index in [4.69, 9.17) is 23.2 Å². The van der Waals surface area contributed by atoms with Gasteiger partial charge in [-0.05, 0) is 83.6 Å². The van der Waals surface area contributed by atoms with Crippen LogP contribution in [0.4, 0.5) is 4.39 Å². The van der Waals surface area contributed by atoms with E-state index in [1.807, 2.05) is 25.2 Å². The Kier molecular flexibility index (Phi) is 5.66. The summed E-state index contributed by atoms with van der Waals surface area (Å²) in [4.78, 5) is 0. The van der Waals surface area contributed by atoms with Gasteiger partial charge in [0.1, 0.15) is 5.82 Å². The summed E-state index contributed by atoms with van der Waals surface area (Å²) in [6.07, 6.45) is 0.513.